The van der Waals surface area contributed by atoms with Crippen molar-refractivity contribution in [2.24, 2.45) is 0 Å². The van der Waals surface area contributed by atoms with Crippen molar-refractivity contribution in [1.29, 1.82) is 0 Å². The highest BCUT2D eigenvalue weighted by molar-refractivity contribution is 5.93. The van der Waals surface area contributed by atoms with E-state index in [9.17, 15) is 14.7 Å². The van der Waals surface area contributed by atoms with Gasteiger partial charge < -0.3 is 24.5 Å². The highest BCUT2D eigenvalue weighted by atomic mass is 16.5. The Balaban J connectivity index is 1.62. The van der Waals surface area contributed by atoms with Crippen LogP contribution in [0, 0.1) is 0 Å². The Bertz CT molecular complexity index is 793. The zero-order valence-corrected chi connectivity index (χ0v) is 15.8. The molecule has 0 bridgehead atoms. The third kappa shape index (κ3) is 4.90. The molecule has 1 aromatic carbocycles. The van der Waals surface area contributed by atoms with Gasteiger partial charge in [0, 0.05) is 50.1 Å². The summed E-state index contributed by atoms with van der Waals surface area (Å²) in [5.41, 5.74) is 1.98. The summed E-state index contributed by atoms with van der Waals surface area (Å²) >= 11 is 0. The first kappa shape index (κ1) is 19.9. The summed E-state index contributed by atoms with van der Waals surface area (Å²) in [6.07, 6.45) is 3.94. The number of carbonyl (C=O) groups is 2. The van der Waals surface area contributed by atoms with E-state index in [-0.39, 0.29) is 18.7 Å². The fourth-order valence-corrected chi connectivity index (χ4v) is 3.37. The van der Waals surface area contributed by atoms with Gasteiger partial charge in [-0.15, -0.1) is 0 Å². The first-order chi connectivity index (χ1) is 13.6. The maximum absolute atomic E-state index is 12.7. The van der Waals surface area contributed by atoms with Gasteiger partial charge in [-0.25, -0.2) is 9.59 Å². The van der Waals surface area contributed by atoms with Crippen LogP contribution >= 0.6 is 0 Å². The first-order valence-corrected chi connectivity index (χ1v) is 9.21. The second kappa shape index (κ2) is 9.38. The molecule has 1 aromatic heterocycles. The van der Waals surface area contributed by atoms with E-state index in [4.69, 9.17) is 9.15 Å². The molecule has 1 saturated heterocycles. The number of ether oxygens (including phenoxy) is 1. The number of aliphatic hydroxyl groups excluding tert-OH is 1. The Kier molecular flexibility index (Phi) is 6.67. The summed E-state index contributed by atoms with van der Waals surface area (Å²) in [5.74, 6) is -0.452. The predicted octanol–water partition coefficient (Wildman–Crippen LogP) is 2.17. The molecule has 0 saturated carbocycles. The fraction of sp³-hybridized carbons (Fsp3) is 0.400. The first-order valence-electron chi connectivity index (χ1n) is 9.21. The Labute approximate surface area is 163 Å². The van der Waals surface area contributed by atoms with Gasteiger partial charge in [-0.3, -0.25) is 4.90 Å². The maximum atomic E-state index is 12.7. The van der Waals surface area contributed by atoms with Crippen molar-refractivity contribution in [2.75, 3.05) is 38.7 Å². The summed E-state index contributed by atoms with van der Waals surface area (Å²) < 4.78 is 9.84. The van der Waals surface area contributed by atoms with E-state index in [1.54, 1.807) is 41.7 Å². The Morgan fingerprint density at radius 2 is 2.18 bits per heavy atom. The average Bonchev–Trinajstić information content (AvgIpc) is 3.22. The number of amides is 2. The molecular formula is C20H25N3O5. The molecule has 2 aromatic rings. The molecule has 1 atom stereocenters. The van der Waals surface area contributed by atoms with Crippen LogP contribution in [0.2, 0.25) is 0 Å². The number of anilines is 1. The third-order valence-corrected chi connectivity index (χ3v) is 4.85. The molecule has 2 heterocycles. The number of hydrogen-bond donors (Lipinski definition) is 2. The molecule has 0 unspecified atom stereocenters. The minimum absolute atomic E-state index is 0.0563. The molecule has 1 aliphatic rings. The number of aliphatic hydroxyl groups is 1. The average molecular weight is 387 g/mol. The van der Waals surface area contributed by atoms with Crippen LogP contribution in [-0.2, 0) is 11.3 Å². The van der Waals surface area contributed by atoms with Gasteiger partial charge >= 0.3 is 12.0 Å². The van der Waals surface area contributed by atoms with E-state index in [1.807, 2.05) is 6.07 Å². The molecule has 1 fully saturated rings. The Morgan fingerprint density at radius 1 is 1.32 bits per heavy atom. The van der Waals surface area contributed by atoms with Crippen molar-refractivity contribution in [3.63, 3.8) is 0 Å². The highest BCUT2D eigenvalue weighted by Crippen LogP contribution is 2.18. The Morgan fingerprint density at radius 3 is 2.89 bits per heavy atom. The summed E-state index contributed by atoms with van der Waals surface area (Å²) in [4.78, 5) is 28.3. The SMILES string of the molecule is COC(=O)c1cccc(NC(=O)N2CCN(Cc3ccoc3)[C@H](CCO)C2)c1. The zero-order valence-electron chi connectivity index (χ0n) is 15.8. The van der Waals surface area contributed by atoms with Crippen molar-refractivity contribution < 1.29 is 23.8 Å². The second-order valence-electron chi connectivity index (χ2n) is 6.72. The fourth-order valence-electron chi connectivity index (χ4n) is 3.37. The number of carbonyl (C=O) groups excluding carboxylic acids is 2. The number of esters is 1. The van der Waals surface area contributed by atoms with Gasteiger partial charge in [0.15, 0.2) is 0 Å². The molecule has 8 heteroatoms. The van der Waals surface area contributed by atoms with E-state index in [0.29, 0.717) is 37.3 Å². The minimum Gasteiger partial charge on any atom is -0.472 e. The summed E-state index contributed by atoms with van der Waals surface area (Å²) in [5, 5.41) is 12.3. The van der Waals surface area contributed by atoms with E-state index in [1.165, 1.54) is 7.11 Å². The quantitative estimate of drug-likeness (QED) is 0.738. The van der Waals surface area contributed by atoms with Crippen LogP contribution in [0.5, 0.6) is 0 Å². The van der Waals surface area contributed by atoms with Crippen LogP contribution in [0.3, 0.4) is 0 Å². The lowest BCUT2D eigenvalue weighted by Gasteiger charge is -2.41. The molecule has 8 nitrogen and oxygen atoms in total. The number of hydrogen-bond acceptors (Lipinski definition) is 6. The molecule has 0 spiro atoms. The number of piperazine rings is 1. The van der Waals surface area contributed by atoms with Gasteiger partial charge in [-0.2, -0.15) is 0 Å². The van der Waals surface area contributed by atoms with Gasteiger partial charge in [0.05, 0.1) is 25.2 Å². The number of methoxy groups -OCH3 is 1. The molecular weight excluding hydrogens is 362 g/mol. The Hall–Kier alpha value is -2.84. The minimum atomic E-state index is -0.452. The van der Waals surface area contributed by atoms with Gasteiger partial charge in [0.2, 0.25) is 0 Å². The van der Waals surface area contributed by atoms with Crippen LogP contribution in [-0.4, -0.2) is 66.3 Å². The smallest absolute Gasteiger partial charge is 0.337 e. The standard InChI is InChI=1S/C20H25N3O5/c1-27-19(25)16-3-2-4-17(11-16)21-20(26)23-8-7-22(18(13-23)5-9-24)12-15-6-10-28-14-15/h2-4,6,10-11,14,18,24H,5,7-9,12-13H2,1H3,(H,21,26)/t18-/m1/s1. The van der Waals surface area contributed by atoms with Gasteiger partial charge in [-0.05, 0) is 30.7 Å². The second-order valence-corrected chi connectivity index (χ2v) is 6.72. The van der Waals surface area contributed by atoms with Crippen LogP contribution < -0.4 is 5.32 Å². The molecule has 0 radical (unpaired) electrons. The predicted molar refractivity (Wildman–Crippen MR) is 103 cm³/mol. The van der Waals surface area contributed by atoms with Crippen molar-refractivity contribution in [1.82, 2.24) is 9.80 Å². The molecule has 0 aliphatic carbocycles. The van der Waals surface area contributed by atoms with Gasteiger partial charge in [-0.1, -0.05) is 6.07 Å². The topological polar surface area (TPSA) is 95.3 Å². The largest absolute Gasteiger partial charge is 0.472 e. The summed E-state index contributed by atoms with van der Waals surface area (Å²) in [6.45, 7) is 2.57. The van der Waals surface area contributed by atoms with Crippen LogP contribution in [0.15, 0.2) is 47.3 Å². The number of furan rings is 1. The number of urea groups is 1. The third-order valence-electron chi connectivity index (χ3n) is 4.85. The van der Waals surface area contributed by atoms with Gasteiger partial charge in [0.25, 0.3) is 0 Å². The van der Waals surface area contributed by atoms with Crippen LogP contribution in [0.25, 0.3) is 0 Å². The maximum Gasteiger partial charge on any atom is 0.337 e. The molecule has 3 rings (SSSR count). The highest BCUT2D eigenvalue weighted by Gasteiger charge is 2.29. The van der Waals surface area contributed by atoms with Crippen LogP contribution in [0.1, 0.15) is 22.3 Å². The van der Waals surface area contributed by atoms with E-state index in [2.05, 4.69) is 10.2 Å². The number of nitrogens with zero attached hydrogens (tertiary/aromatic N) is 2. The molecule has 28 heavy (non-hydrogen) atoms. The summed E-state index contributed by atoms with van der Waals surface area (Å²) in [7, 11) is 1.32. The van der Waals surface area contributed by atoms with Crippen molar-refractivity contribution >= 4 is 17.7 Å². The molecule has 150 valence electrons. The van der Waals surface area contributed by atoms with E-state index in [0.717, 1.165) is 12.1 Å². The summed E-state index contributed by atoms with van der Waals surface area (Å²) in [6, 6.07) is 8.39. The zero-order chi connectivity index (χ0) is 19.9. The monoisotopic (exact) mass is 387 g/mol. The van der Waals surface area contributed by atoms with Crippen molar-refractivity contribution in [2.45, 2.75) is 19.0 Å². The van der Waals surface area contributed by atoms with Gasteiger partial charge in [0.1, 0.15) is 0 Å². The van der Waals surface area contributed by atoms with Crippen LogP contribution in [0.4, 0.5) is 10.5 Å². The normalized spacial score (nSPS) is 17.4. The molecule has 2 N–H and O–H groups in total. The van der Waals surface area contributed by atoms with Crippen molar-refractivity contribution in [3.05, 3.63) is 54.0 Å². The van der Waals surface area contributed by atoms with E-state index >= 15 is 0 Å². The lowest BCUT2D eigenvalue weighted by atomic mass is 10.1. The molecule has 2 amide bonds. The molecule has 1 aliphatic heterocycles. The lowest BCUT2D eigenvalue weighted by molar-refractivity contribution is 0.0600. The van der Waals surface area contributed by atoms with E-state index < -0.39 is 5.97 Å². The van der Waals surface area contributed by atoms with Crippen molar-refractivity contribution in [3.8, 4) is 0 Å². The lowest BCUT2D eigenvalue weighted by Crippen LogP contribution is -2.55. The number of benzene rings is 1. The number of nitrogens with one attached hydrogen (secondary N) is 1. The number of rotatable bonds is 6.